The van der Waals surface area contributed by atoms with E-state index < -0.39 is 5.97 Å². The summed E-state index contributed by atoms with van der Waals surface area (Å²) in [4.78, 5) is 10.5. The molecule has 15 heavy (non-hydrogen) atoms. The molecule has 0 unspecified atom stereocenters. The van der Waals surface area contributed by atoms with Crippen molar-refractivity contribution in [3.05, 3.63) is 23.4 Å². The van der Waals surface area contributed by atoms with Gasteiger partial charge >= 0.3 is 5.97 Å². The van der Waals surface area contributed by atoms with Crippen LogP contribution in [0.25, 0.3) is 10.9 Å². The number of aliphatic carboxylic acids is 1. The molecule has 0 aliphatic rings. The van der Waals surface area contributed by atoms with Crippen molar-refractivity contribution in [2.45, 2.75) is 6.54 Å². The average molecular weight is 227 g/mol. The third kappa shape index (κ3) is 1.73. The zero-order valence-electron chi connectivity index (χ0n) is 7.51. The lowest BCUT2D eigenvalue weighted by Crippen LogP contribution is -2.09. The zero-order chi connectivity index (χ0) is 11.0. The summed E-state index contributed by atoms with van der Waals surface area (Å²) in [5.74, 6) is -0.951. The van der Waals surface area contributed by atoms with Crippen LogP contribution in [-0.4, -0.2) is 26.0 Å². The second-order valence-corrected chi connectivity index (χ2v) is 3.40. The first-order chi connectivity index (χ1) is 7.08. The van der Waals surface area contributed by atoms with E-state index in [0.717, 1.165) is 0 Å². The first-order valence-corrected chi connectivity index (χ1v) is 4.52. The van der Waals surface area contributed by atoms with Gasteiger partial charge in [-0.05, 0) is 12.1 Å². The van der Waals surface area contributed by atoms with Crippen LogP contribution in [0.2, 0.25) is 5.15 Å². The topological polar surface area (TPSA) is 75.3 Å². The fourth-order valence-electron chi connectivity index (χ4n) is 1.32. The van der Waals surface area contributed by atoms with Crippen molar-refractivity contribution in [2.24, 2.45) is 0 Å². The van der Waals surface area contributed by atoms with E-state index in [1.807, 2.05) is 0 Å². The number of fused-ring (bicyclic) bond motifs is 1. The van der Waals surface area contributed by atoms with Crippen molar-refractivity contribution in [1.29, 1.82) is 0 Å². The minimum absolute atomic E-state index is 0.0686. The van der Waals surface area contributed by atoms with Crippen molar-refractivity contribution in [3.63, 3.8) is 0 Å². The number of aromatic nitrogens is 2. The zero-order valence-corrected chi connectivity index (χ0v) is 8.27. The molecule has 5 nitrogen and oxygen atoms in total. The number of halogens is 1. The summed E-state index contributed by atoms with van der Waals surface area (Å²) in [6, 6.07) is 4.50. The normalized spacial score (nSPS) is 10.7. The molecule has 1 aromatic heterocycles. The Labute approximate surface area is 89.5 Å². The van der Waals surface area contributed by atoms with Gasteiger partial charge in [0, 0.05) is 11.5 Å². The van der Waals surface area contributed by atoms with Gasteiger partial charge in [0.25, 0.3) is 0 Å². The van der Waals surface area contributed by atoms with E-state index in [1.54, 1.807) is 6.07 Å². The number of phenols is 1. The van der Waals surface area contributed by atoms with E-state index in [0.29, 0.717) is 10.9 Å². The van der Waals surface area contributed by atoms with Crippen molar-refractivity contribution in [1.82, 2.24) is 9.78 Å². The van der Waals surface area contributed by atoms with Gasteiger partial charge in [0.1, 0.15) is 17.4 Å². The average Bonchev–Trinajstić information content (AvgIpc) is 2.42. The highest BCUT2D eigenvalue weighted by Gasteiger charge is 2.11. The van der Waals surface area contributed by atoms with Crippen LogP contribution in [0.3, 0.4) is 0 Å². The van der Waals surface area contributed by atoms with Crippen LogP contribution in [0.15, 0.2) is 18.2 Å². The molecule has 0 bridgehead atoms. The Morgan fingerprint density at radius 3 is 2.93 bits per heavy atom. The molecular weight excluding hydrogens is 220 g/mol. The van der Waals surface area contributed by atoms with Crippen molar-refractivity contribution >= 4 is 28.5 Å². The third-order valence-electron chi connectivity index (χ3n) is 1.94. The van der Waals surface area contributed by atoms with E-state index in [9.17, 15) is 9.90 Å². The van der Waals surface area contributed by atoms with E-state index in [2.05, 4.69) is 5.10 Å². The number of carbonyl (C=O) groups is 1. The lowest BCUT2D eigenvalue weighted by molar-refractivity contribution is -0.137. The monoisotopic (exact) mass is 226 g/mol. The molecule has 2 rings (SSSR count). The van der Waals surface area contributed by atoms with Gasteiger partial charge in [0.05, 0.1) is 5.52 Å². The molecule has 0 spiro atoms. The van der Waals surface area contributed by atoms with E-state index in [4.69, 9.17) is 16.7 Å². The second kappa shape index (κ2) is 3.43. The number of carboxylic acid groups (broad SMARTS) is 1. The third-order valence-corrected chi connectivity index (χ3v) is 2.34. The molecule has 78 valence electrons. The Bertz CT molecular complexity index is 535. The van der Waals surface area contributed by atoms with Crippen molar-refractivity contribution < 1.29 is 15.0 Å². The van der Waals surface area contributed by atoms with Gasteiger partial charge in [-0.3, -0.25) is 4.79 Å². The summed E-state index contributed by atoms with van der Waals surface area (Å²) in [6.07, 6.45) is 0. The van der Waals surface area contributed by atoms with Crippen LogP contribution >= 0.6 is 11.6 Å². The summed E-state index contributed by atoms with van der Waals surface area (Å²) in [6.45, 7) is -0.297. The molecule has 6 heteroatoms. The first kappa shape index (κ1) is 9.79. The van der Waals surface area contributed by atoms with E-state index in [1.165, 1.54) is 16.8 Å². The Morgan fingerprint density at radius 1 is 1.53 bits per heavy atom. The lowest BCUT2D eigenvalue weighted by Gasteiger charge is -1.96. The van der Waals surface area contributed by atoms with Gasteiger partial charge in [-0.25, -0.2) is 4.68 Å². The number of carboxylic acids is 1. The maximum Gasteiger partial charge on any atom is 0.325 e. The molecule has 0 amide bonds. The fraction of sp³-hybridized carbons (Fsp3) is 0.111. The van der Waals surface area contributed by atoms with Crippen LogP contribution in [0.1, 0.15) is 0 Å². The van der Waals surface area contributed by atoms with E-state index in [-0.39, 0.29) is 17.4 Å². The molecule has 0 radical (unpaired) electrons. The second-order valence-electron chi connectivity index (χ2n) is 3.04. The number of nitrogens with zero attached hydrogens (tertiary/aromatic N) is 2. The van der Waals surface area contributed by atoms with Gasteiger partial charge < -0.3 is 10.2 Å². The van der Waals surface area contributed by atoms with Crippen LogP contribution in [0.5, 0.6) is 5.75 Å². The minimum Gasteiger partial charge on any atom is -0.508 e. The number of rotatable bonds is 2. The molecule has 1 aromatic carbocycles. The maximum atomic E-state index is 10.5. The first-order valence-electron chi connectivity index (χ1n) is 4.15. The molecule has 0 fully saturated rings. The Morgan fingerprint density at radius 2 is 2.27 bits per heavy atom. The van der Waals surface area contributed by atoms with E-state index >= 15 is 0 Å². The van der Waals surface area contributed by atoms with Crippen LogP contribution in [0.4, 0.5) is 0 Å². The smallest absolute Gasteiger partial charge is 0.325 e. The van der Waals surface area contributed by atoms with Gasteiger partial charge in [-0.15, -0.1) is 0 Å². The number of phenolic OH excluding ortho intramolecular Hbond substituents is 1. The quantitative estimate of drug-likeness (QED) is 0.813. The summed E-state index contributed by atoms with van der Waals surface area (Å²) in [5.41, 5.74) is 0.473. The number of hydrogen-bond donors (Lipinski definition) is 2. The number of hydrogen-bond acceptors (Lipinski definition) is 3. The number of aromatic hydroxyl groups is 1. The summed E-state index contributed by atoms with van der Waals surface area (Å²) in [7, 11) is 0. The molecule has 0 aliphatic carbocycles. The summed E-state index contributed by atoms with van der Waals surface area (Å²) < 4.78 is 1.17. The molecule has 0 saturated heterocycles. The molecule has 0 saturated carbocycles. The lowest BCUT2D eigenvalue weighted by atomic mass is 10.2. The van der Waals surface area contributed by atoms with Gasteiger partial charge in [0.15, 0.2) is 0 Å². The SMILES string of the molecule is O=C(O)Cn1nc2cc(O)ccc2c1Cl. The van der Waals surface area contributed by atoms with Crippen LogP contribution < -0.4 is 0 Å². The Hall–Kier alpha value is -1.75. The number of benzene rings is 1. The molecular formula is C9H7ClN2O3. The summed E-state index contributed by atoms with van der Waals surface area (Å²) in [5, 5.41) is 22.6. The van der Waals surface area contributed by atoms with Crippen LogP contribution in [-0.2, 0) is 11.3 Å². The van der Waals surface area contributed by atoms with Crippen molar-refractivity contribution in [2.75, 3.05) is 0 Å². The maximum absolute atomic E-state index is 10.5. The Balaban J connectivity index is 2.58. The molecule has 1 heterocycles. The Kier molecular flexibility index (Phi) is 2.24. The molecule has 0 atom stereocenters. The fourth-order valence-corrected chi connectivity index (χ4v) is 1.58. The highest BCUT2D eigenvalue weighted by atomic mass is 35.5. The van der Waals surface area contributed by atoms with Crippen LogP contribution in [0, 0.1) is 0 Å². The van der Waals surface area contributed by atoms with Gasteiger partial charge in [-0.1, -0.05) is 11.6 Å². The highest BCUT2D eigenvalue weighted by Crippen LogP contribution is 2.25. The summed E-state index contributed by atoms with van der Waals surface area (Å²) >= 11 is 5.91. The minimum atomic E-state index is -1.02. The predicted molar refractivity (Wildman–Crippen MR) is 54.0 cm³/mol. The molecule has 0 aliphatic heterocycles. The molecule has 2 aromatic rings. The highest BCUT2D eigenvalue weighted by molar-refractivity contribution is 6.34. The van der Waals surface area contributed by atoms with Gasteiger partial charge in [-0.2, -0.15) is 5.10 Å². The standard InChI is InChI=1S/C9H7ClN2O3/c10-9-6-2-1-5(13)3-7(6)11-12(9)4-8(14)15/h1-3,13H,4H2,(H,14,15). The predicted octanol–water partition coefficient (Wildman–Crippen LogP) is 1.48. The largest absolute Gasteiger partial charge is 0.508 e. The molecule has 2 N–H and O–H groups in total. The van der Waals surface area contributed by atoms with Gasteiger partial charge in [0.2, 0.25) is 0 Å². The van der Waals surface area contributed by atoms with Crippen molar-refractivity contribution in [3.8, 4) is 5.75 Å².